The molecule has 1 aromatic carbocycles. The smallest absolute Gasteiger partial charge is 0.313 e. The van der Waals surface area contributed by atoms with Crippen molar-refractivity contribution in [3.8, 4) is 0 Å². The summed E-state index contributed by atoms with van der Waals surface area (Å²) in [5, 5.41) is 3.21. The molecule has 1 rings (SSSR count). The maximum atomic E-state index is 11.9. The van der Waals surface area contributed by atoms with E-state index in [-0.39, 0.29) is 6.42 Å². The first-order chi connectivity index (χ1) is 8.79. The molecule has 1 aromatic rings. The lowest BCUT2D eigenvalue weighted by molar-refractivity contribution is -0.135. The number of unbranched alkanes of at least 4 members (excludes halogenated alkanes) is 1. The largest absolute Gasteiger partial charge is 0.389 e. The van der Waals surface area contributed by atoms with E-state index in [4.69, 9.17) is 0 Å². The molecule has 0 amide bonds. The number of hydrogen-bond acceptors (Lipinski definition) is 1. The fourth-order valence-corrected chi connectivity index (χ4v) is 2.01. The predicted molar refractivity (Wildman–Crippen MR) is 72.3 cm³/mol. The Balaban J connectivity index is 2.28. The van der Waals surface area contributed by atoms with Gasteiger partial charge in [-0.15, -0.1) is 0 Å². The highest BCUT2D eigenvalue weighted by molar-refractivity contribution is 5.36. The molecule has 1 nitrogen and oxygen atoms in total. The molecule has 0 saturated carbocycles. The molecule has 1 N–H and O–H groups in total. The van der Waals surface area contributed by atoms with Crippen LogP contribution in [0.1, 0.15) is 41.5 Å². The van der Waals surface area contributed by atoms with Crippen LogP contribution in [-0.4, -0.2) is 12.7 Å². The zero-order chi connectivity index (χ0) is 14.5. The van der Waals surface area contributed by atoms with E-state index in [2.05, 4.69) is 38.2 Å². The molecule has 0 aliphatic heterocycles. The minimum Gasteiger partial charge on any atom is -0.313 e. The summed E-state index contributed by atoms with van der Waals surface area (Å²) in [7, 11) is 0. The van der Waals surface area contributed by atoms with Gasteiger partial charge in [-0.1, -0.05) is 12.1 Å². The third-order valence-electron chi connectivity index (χ3n) is 3.33. The van der Waals surface area contributed by atoms with Gasteiger partial charge in [0.2, 0.25) is 0 Å². The Kier molecular flexibility index (Phi) is 5.85. The number of hydrogen-bond donors (Lipinski definition) is 1. The van der Waals surface area contributed by atoms with Gasteiger partial charge in [-0.05, 0) is 62.4 Å². The average Bonchev–Trinajstić information content (AvgIpc) is 2.28. The molecule has 0 bridgehead atoms. The first-order valence-electron chi connectivity index (χ1n) is 6.64. The fourth-order valence-electron chi connectivity index (χ4n) is 2.01. The Morgan fingerprint density at radius 1 is 0.947 bits per heavy atom. The summed E-state index contributed by atoms with van der Waals surface area (Å²) < 4.78 is 35.8. The van der Waals surface area contributed by atoms with E-state index in [1.165, 1.54) is 22.3 Å². The van der Waals surface area contributed by atoms with Crippen LogP contribution in [0.15, 0.2) is 12.1 Å². The number of rotatable bonds is 6. The second-order valence-electron chi connectivity index (χ2n) is 5.11. The first kappa shape index (κ1) is 16.0. The molecule has 19 heavy (non-hydrogen) atoms. The summed E-state index contributed by atoms with van der Waals surface area (Å²) in [5.74, 6) is 0. The molecule has 108 valence electrons. The van der Waals surface area contributed by atoms with Crippen molar-refractivity contribution in [2.75, 3.05) is 6.54 Å². The summed E-state index contributed by atoms with van der Waals surface area (Å²) in [6.45, 7) is 7.56. The van der Waals surface area contributed by atoms with Crippen LogP contribution in [0.2, 0.25) is 0 Å². The molecule has 0 radical (unpaired) electrons. The molecular weight excluding hydrogens is 251 g/mol. The summed E-state index contributed by atoms with van der Waals surface area (Å²) in [5.41, 5.74) is 4.97. The monoisotopic (exact) mass is 273 g/mol. The van der Waals surface area contributed by atoms with Gasteiger partial charge in [0.1, 0.15) is 0 Å². The molecule has 0 spiro atoms. The van der Waals surface area contributed by atoms with Crippen molar-refractivity contribution < 1.29 is 13.2 Å². The van der Waals surface area contributed by atoms with Gasteiger partial charge in [0.05, 0.1) is 0 Å². The first-order valence-corrected chi connectivity index (χ1v) is 6.64. The van der Waals surface area contributed by atoms with E-state index in [0.717, 1.165) is 6.54 Å². The molecule has 0 aromatic heterocycles. The number of aryl methyl sites for hydroxylation is 3. The second-order valence-corrected chi connectivity index (χ2v) is 5.11. The Hall–Kier alpha value is -1.03. The van der Waals surface area contributed by atoms with Crippen molar-refractivity contribution in [1.29, 1.82) is 0 Å². The number of alkyl halides is 3. The van der Waals surface area contributed by atoms with Crippen molar-refractivity contribution in [2.45, 2.75) is 52.8 Å². The molecule has 0 fully saturated rings. The van der Waals surface area contributed by atoms with E-state index in [9.17, 15) is 13.2 Å². The summed E-state index contributed by atoms with van der Waals surface area (Å²) >= 11 is 0. The number of benzene rings is 1. The lowest BCUT2D eigenvalue weighted by atomic mass is 10.0. The van der Waals surface area contributed by atoms with E-state index >= 15 is 0 Å². The van der Waals surface area contributed by atoms with E-state index in [0.29, 0.717) is 13.0 Å². The van der Waals surface area contributed by atoms with Gasteiger partial charge in [-0.25, -0.2) is 0 Å². The van der Waals surface area contributed by atoms with Crippen LogP contribution in [0.25, 0.3) is 0 Å². The molecule has 0 saturated heterocycles. The normalized spacial score (nSPS) is 11.9. The standard InChI is InChI=1S/C15H22F3N/c1-11-8-13(3)14(9-12(11)2)10-19-7-5-4-6-15(16,17)18/h8-9,19H,4-7,10H2,1-3H3. The Morgan fingerprint density at radius 3 is 2.21 bits per heavy atom. The fraction of sp³-hybridized carbons (Fsp3) is 0.600. The van der Waals surface area contributed by atoms with Crippen molar-refractivity contribution in [3.05, 3.63) is 34.4 Å². The highest BCUT2D eigenvalue weighted by Crippen LogP contribution is 2.22. The third kappa shape index (κ3) is 6.10. The molecule has 0 aliphatic carbocycles. The quantitative estimate of drug-likeness (QED) is 0.756. The van der Waals surface area contributed by atoms with Crippen LogP contribution < -0.4 is 5.32 Å². The van der Waals surface area contributed by atoms with Gasteiger partial charge in [-0.2, -0.15) is 13.2 Å². The topological polar surface area (TPSA) is 12.0 Å². The van der Waals surface area contributed by atoms with Crippen molar-refractivity contribution in [1.82, 2.24) is 5.32 Å². The van der Waals surface area contributed by atoms with Crippen molar-refractivity contribution in [3.63, 3.8) is 0 Å². The van der Waals surface area contributed by atoms with E-state index in [1.807, 2.05) is 0 Å². The van der Waals surface area contributed by atoms with E-state index in [1.54, 1.807) is 0 Å². The highest BCUT2D eigenvalue weighted by atomic mass is 19.4. The highest BCUT2D eigenvalue weighted by Gasteiger charge is 2.25. The molecular formula is C15H22F3N. The van der Waals surface area contributed by atoms with Gasteiger partial charge < -0.3 is 5.32 Å². The van der Waals surface area contributed by atoms with Gasteiger partial charge in [-0.3, -0.25) is 0 Å². The molecule has 4 heteroatoms. The van der Waals surface area contributed by atoms with Crippen LogP contribution in [0.3, 0.4) is 0 Å². The molecule has 0 unspecified atom stereocenters. The van der Waals surface area contributed by atoms with Crippen LogP contribution >= 0.6 is 0 Å². The Labute approximate surface area is 113 Å². The summed E-state index contributed by atoms with van der Waals surface area (Å²) in [4.78, 5) is 0. The third-order valence-corrected chi connectivity index (χ3v) is 3.33. The number of nitrogens with one attached hydrogen (secondary N) is 1. The zero-order valence-corrected chi connectivity index (χ0v) is 11.8. The Morgan fingerprint density at radius 2 is 1.58 bits per heavy atom. The maximum Gasteiger partial charge on any atom is 0.389 e. The zero-order valence-electron chi connectivity index (χ0n) is 11.8. The van der Waals surface area contributed by atoms with Gasteiger partial charge >= 0.3 is 6.18 Å². The van der Waals surface area contributed by atoms with E-state index < -0.39 is 12.6 Å². The van der Waals surface area contributed by atoms with Crippen molar-refractivity contribution >= 4 is 0 Å². The van der Waals surface area contributed by atoms with Crippen molar-refractivity contribution in [2.24, 2.45) is 0 Å². The van der Waals surface area contributed by atoms with Crippen LogP contribution in [0.4, 0.5) is 13.2 Å². The summed E-state index contributed by atoms with van der Waals surface area (Å²) in [6, 6.07) is 4.30. The Bertz CT molecular complexity index is 411. The molecule has 0 atom stereocenters. The van der Waals surface area contributed by atoms with Crippen LogP contribution in [0, 0.1) is 20.8 Å². The maximum absolute atomic E-state index is 11.9. The predicted octanol–water partition coefficient (Wildman–Crippen LogP) is 4.43. The van der Waals surface area contributed by atoms with Crippen LogP contribution in [0.5, 0.6) is 0 Å². The lowest BCUT2D eigenvalue weighted by Gasteiger charge is -2.11. The second kappa shape index (κ2) is 6.94. The lowest BCUT2D eigenvalue weighted by Crippen LogP contribution is -2.16. The SMILES string of the molecule is Cc1cc(C)c(CNCCCCC(F)(F)F)cc1C. The molecule has 0 heterocycles. The summed E-state index contributed by atoms with van der Waals surface area (Å²) in [6.07, 6.45) is -3.95. The number of halogens is 3. The average molecular weight is 273 g/mol. The van der Waals surface area contributed by atoms with Gasteiger partial charge in [0.25, 0.3) is 0 Å². The van der Waals surface area contributed by atoms with Gasteiger partial charge in [0.15, 0.2) is 0 Å². The van der Waals surface area contributed by atoms with Gasteiger partial charge in [0, 0.05) is 13.0 Å². The van der Waals surface area contributed by atoms with Crippen LogP contribution in [-0.2, 0) is 6.54 Å². The molecule has 0 aliphatic rings. The minimum absolute atomic E-state index is 0.197. The minimum atomic E-state index is -4.02.